The van der Waals surface area contributed by atoms with Gasteiger partial charge in [0.05, 0.1) is 29.0 Å². The summed E-state index contributed by atoms with van der Waals surface area (Å²) in [6, 6.07) is 4.08. The molecule has 1 aliphatic heterocycles. The number of fused-ring (bicyclic) bond motifs is 1. The molecule has 0 unspecified atom stereocenters. The minimum Gasteiger partial charge on any atom is -0.396 e. The number of hydrogen-bond donors (Lipinski definition) is 2. The molecule has 1 amide bonds. The standard InChI is InChI=1S/C19H24N6O2/c1-13-6-7-17-16(9-20-22-17)18(13)19(27)24-11-15(12-24)25-10-14(21-23-25)5-3-2-4-8-26/h6-7,9-10,15,26H,2-5,8,11-12H2,1H3,(H,20,22). The van der Waals surface area contributed by atoms with Crippen molar-refractivity contribution < 1.29 is 9.90 Å². The van der Waals surface area contributed by atoms with Crippen LogP contribution in [-0.4, -0.2) is 60.8 Å². The van der Waals surface area contributed by atoms with Crippen molar-refractivity contribution in [2.75, 3.05) is 19.7 Å². The minimum absolute atomic E-state index is 0.0418. The molecule has 27 heavy (non-hydrogen) atoms. The predicted octanol–water partition coefficient (Wildman–Crippen LogP) is 1.87. The van der Waals surface area contributed by atoms with E-state index in [0.717, 1.165) is 53.4 Å². The van der Waals surface area contributed by atoms with Gasteiger partial charge in [0.2, 0.25) is 0 Å². The predicted molar refractivity (Wildman–Crippen MR) is 100 cm³/mol. The van der Waals surface area contributed by atoms with Crippen LogP contribution in [0.5, 0.6) is 0 Å². The molecule has 1 fully saturated rings. The maximum Gasteiger partial charge on any atom is 0.255 e. The zero-order chi connectivity index (χ0) is 18.8. The highest BCUT2D eigenvalue weighted by Gasteiger charge is 2.34. The quantitative estimate of drug-likeness (QED) is 0.620. The lowest BCUT2D eigenvalue weighted by Crippen LogP contribution is -2.51. The second-order valence-corrected chi connectivity index (χ2v) is 7.18. The number of carbonyl (C=O) groups is 1. The summed E-state index contributed by atoms with van der Waals surface area (Å²) in [5.41, 5.74) is 3.53. The molecule has 8 nitrogen and oxygen atoms in total. The maximum atomic E-state index is 13.0. The number of H-pyrrole nitrogens is 1. The van der Waals surface area contributed by atoms with Gasteiger partial charge in [0.1, 0.15) is 0 Å². The number of benzene rings is 1. The first-order valence-corrected chi connectivity index (χ1v) is 9.41. The van der Waals surface area contributed by atoms with Crippen molar-refractivity contribution in [3.8, 4) is 0 Å². The smallest absolute Gasteiger partial charge is 0.255 e. The third-order valence-electron chi connectivity index (χ3n) is 5.22. The highest BCUT2D eigenvalue weighted by atomic mass is 16.2. The van der Waals surface area contributed by atoms with Gasteiger partial charge in [-0.15, -0.1) is 5.10 Å². The number of likely N-dealkylation sites (tertiary alicyclic amines) is 1. The molecular formula is C19H24N6O2. The number of aliphatic hydroxyl groups excluding tert-OH is 1. The van der Waals surface area contributed by atoms with Gasteiger partial charge in [-0.1, -0.05) is 17.7 Å². The van der Waals surface area contributed by atoms with Gasteiger partial charge < -0.3 is 10.0 Å². The fraction of sp³-hybridized carbons (Fsp3) is 0.474. The van der Waals surface area contributed by atoms with Crippen LogP contribution in [-0.2, 0) is 6.42 Å². The second-order valence-electron chi connectivity index (χ2n) is 7.18. The van der Waals surface area contributed by atoms with Crippen molar-refractivity contribution in [2.45, 2.75) is 38.6 Å². The van der Waals surface area contributed by atoms with Crippen LogP contribution in [0, 0.1) is 6.92 Å². The summed E-state index contributed by atoms with van der Waals surface area (Å²) in [4.78, 5) is 14.8. The molecule has 1 aliphatic rings. The van der Waals surface area contributed by atoms with E-state index < -0.39 is 0 Å². The molecular weight excluding hydrogens is 344 g/mol. The van der Waals surface area contributed by atoms with Crippen molar-refractivity contribution in [3.63, 3.8) is 0 Å². The Labute approximate surface area is 157 Å². The molecule has 0 spiro atoms. The van der Waals surface area contributed by atoms with E-state index in [0.29, 0.717) is 13.1 Å². The summed E-state index contributed by atoms with van der Waals surface area (Å²) >= 11 is 0. The Bertz CT molecular complexity index is 941. The Morgan fingerprint density at radius 1 is 1.30 bits per heavy atom. The lowest BCUT2D eigenvalue weighted by Gasteiger charge is -2.39. The number of amides is 1. The first-order valence-electron chi connectivity index (χ1n) is 9.41. The van der Waals surface area contributed by atoms with Crippen LogP contribution in [0.1, 0.15) is 46.9 Å². The van der Waals surface area contributed by atoms with Crippen LogP contribution < -0.4 is 0 Å². The normalized spacial score (nSPS) is 14.7. The second kappa shape index (κ2) is 7.48. The van der Waals surface area contributed by atoms with Crippen LogP contribution in [0.25, 0.3) is 10.9 Å². The Balaban J connectivity index is 1.38. The maximum absolute atomic E-state index is 13.0. The lowest BCUT2D eigenvalue weighted by molar-refractivity contribution is 0.0499. The summed E-state index contributed by atoms with van der Waals surface area (Å²) in [5, 5.41) is 25.1. The van der Waals surface area contributed by atoms with Gasteiger partial charge in [-0.25, -0.2) is 4.68 Å². The molecule has 2 N–H and O–H groups in total. The van der Waals surface area contributed by atoms with Crippen LogP contribution in [0.4, 0.5) is 0 Å². The number of unbranched alkanes of at least 4 members (excludes halogenated alkanes) is 2. The Kier molecular flexibility index (Phi) is 4.89. The van der Waals surface area contributed by atoms with E-state index in [4.69, 9.17) is 5.11 Å². The average Bonchev–Trinajstić information content (AvgIpc) is 3.26. The molecule has 8 heteroatoms. The van der Waals surface area contributed by atoms with Crippen LogP contribution in [0.3, 0.4) is 0 Å². The first-order chi connectivity index (χ1) is 13.2. The molecule has 0 aliphatic carbocycles. The van der Waals surface area contributed by atoms with Gasteiger partial charge >= 0.3 is 0 Å². The van der Waals surface area contributed by atoms with Crippen LogP contribution in [0.2, 0.25) is 0 Å². The largest absolute Gasteiger partial charge is 0.396 e. The molecule has 0 radical (unpaired) electrons. The number of nitrogens with zero attached hydrogens (tertiary/aromatic N) is 5. The van der Waals surface area contributed by atoms with E-state index in [-0.39, 0.29) is 18.6 Å². The van der Waals surface area contributed by atoms with Crippen molar-refractivity contribution in [3.05, 3.63) is 41.3 Å². The number of aryl methyl sites for hydroxylation is 2. The molecule has 0 atom stereocenters. The Hall–Kier alpha value is -2.74. The molecule has 4 rings (SSSR count). The number of aliphatic hydroxyl groups is 1. The summed E-state index contributed by atoms with van der Waals surface area (Å²) in [6.07, 6.45) is 7.39. The summed E-state index contributed by atoms with van der Waals surface area (Å²) in [7, 11) is 0. The Morgan fingerprint density at radius 3 is 2.96 bits per heavy atom. The number of carbonyl (C=O) groups excluding carboxylic acids is 1. The molecule has 1 aromatic carbocycles. The number of hydrogen-bond acceptors (Lipinski definition) is 5. The van der Waals surface area contributed by atoms with Gasteiger partial charge in [0.25, 0.3) is 5.91 Å². The van der Waals surface area contributed by atoms with Crippen molar-refractivity contribution in [2.24, 2.45) is 0 Å². The minimum atomic E-state index is 0.0418. The van der Waals surface area contributed by atoms with Crippen molar-refractivity contribution in [1.29, 1.82) is 0 Å². The summed E-state index contributed by atoms with van der Waals surface area (Å²) in [5.74, 6) is 0.0418. The molecule has 142 valence electrons. The molecule has 1 saturated heterocycles. The zero-order valence-electron chi connectivity index (χ0n) is 15.4. The number of nitrogens with one attached hydrogen (secondary N) is 1. The van der Waals surface area contributed by atoms with Crippen molar-refractivity contribution in [1.82, 2.24) is 30.1 Å². The highest BCUT2D eigenvalue weighted by Crippen LogP contribution is 2.27. The SMILES string of the molecule is Cc1ccc2[nH]ncc2c1C(=O)N1CC(n2cc(CCCCCO)nn2)C1. The third kappa shape index (κ3) is 3.44. The van der Waals surface area contributed by atoms with Gasteiger partial charge in [-0.3, -0.25) is 9.89 Å². The van der Waals surface area contributed by atoms with Crippen LogP contribution >= 0.6 is 0 Å². The third-order valence-corrected chi connectivity index (χ3v) is 5.22. The van der Waals surface area contributed by atoms with Crippen molar-refractivity contribution >= 4 is 16.8 Å². The van der Waals surface area contributed by atoms with E-state index in [1.165, 1.54) is 0 Å². The monoisotopic (exact) mass is 368 g/mol. The topological polar surface area (TPSA) is 99.9 Å². The number of aromatic nitrogens is 5. The van der Waals surface area contributed by atoms with Crippen LogP contribution in [0.15, 0.2) is 24.5 Å². The summed E-state index contributed by atoms with van der Waals surface area (Å²) < 4.78 is 1.87. The molecule has 3 aromatic rings. The van der Waals surface area contributed by atoms with E-state index in [1.807, 2.05) is 34.8 Å². The fourth-order valence-electron chi connectivity index (χ4n) is 3.56. The van der Waals surface area contributed by atoms with E-state index >= 15 is 0 Å². The fourth-order valence-corrected chi connectivity index (χ4v) is 3.56. The van der Waals surface area contributed by atoms with E-state index in [2.05, 4.69) is 20.5 Å². The van der Waals surface area contributed by atoms with Gasteiger partial charge in [0.15, 0.2) is 0 Å². The molecule has 0 saturated carbocycles. The van der Waals surface area contributed by atoms with Gasteiger partial charge in [0, 0.05) is 31.3 Å². The Morgan fingerprint density at radius 2 is 2.15 bits per heavy atom. The van der Waals surface area contributed by atoms with E-state index in [1.54, 1.807) is 6.20 Å². The van der Waals surface area contributed by atoms with Gasteiger partial charge in [-0.05, 0) is 37.8 Å². The number of aromatic amines is 1. The highest BCUT2D eigenvalue weighted by molar-refractivity contribution is 6.07. The number of rotatable bonds is 7. The molecule has 0 bridgehead atoms. The summed E-state index contributed by atoms with van der Waals surface area (Å²) in [6.45, 7) is 3.47. The first kappa shape index (κ1) is 17.7. The zero-order valence-corrected chi connectivity index (χ0v) is 15.4. The molecule has 3 heterocycles. The molecule has 2 aromatic heterocycles. The van der Waals surface area contributed by atoms with Gasteiger partial charge in [-0.2, -0.15) is 5.10 Å². The lowest BCUT2D eigenvalue weighted by atomic mass is 10.00. The van der Waals surface area contributed by atoms with E-state index in [9.17, 15) is 4.79 Å². The average molecular weight is 368 g/mol.